The third-order valence-corrected chi connectivity index (χ3v) is 5.43. The smallest absolute Gasteiger partial charge is 0.254 e. The van der Waals surface area contributed by atoms with Crippen LogP contribution in [0.2, 0.25) is 0 Å². The first-order valence-electron chi connectivity index (χ1n) is 9.67. The minimum absolute atomic E-state index is 0.159. The maximum Gasteiger partial charge on any atom is 0.254 e. The first-order chi connectivity index (χ1) is 12.6. The van der Waals surface area contributed by atoms with Crippen LogP contribution in [0, 0.1) is 11.7 Å². The largest absolute Gasteiger partial charge is 0.341 e. The lowest BCUT2D eigenvalue weighted by atomic mass is 9.93. The monoisotopic (exact) mass is 361 g/mol. The number of benzene rings is 1. The van der Waals surface area contributed by atoms with Crippen molar-refractivity contribution in [3.8, 4) is 0 Å². The van der Waals surface area contributed by atoms with E-state index in [1.165, 1.54) is 12.1 Å². The summed E-state index contributed by atoms with van der Waals surface area (Å²) in [5.41, 5.74) is 0.371. The van der Waals surface area contributed by atoms with Gasteiger partial charge in [-0.25, -0.2) is 4.39 Å². The number of piperidine rings is 1. The van der Waals surface area contributed by atoms with Crippen LogP contribution in [0.1, 0.15) is 42.5 Å². The molecule has 1 aromatic rings. The highest BCUT2D eigenvalue weighted by Crippen LogP contribution is 2.19. The molecule has 0 unspecified atom stereocenters. The lowest BCUT2D eigenvalue weighted by Gasteiger charge is -2.25. The molecule has 2 amide bonds. The van der Waals surface area contributed by atoms with Gasteiger partial charge < -0.3 is 15.1 Å². The van der Waals surface area contributed by atoms with E-state index >= 15 is 0 Å². The number of nitrogens with zero attached hydrogens (tertiary/aromatic N) is 2. The molecule has 0 radical (unpaired) electrons. The number of halogens is 1. The van der Waals surface area contributed by atoms with Crippen molar-refractivity contribution < 1.29 is 14.0 Å². The predicted octanol–water partition coefficient (Wildman–Crippen LogP) is 2.28. The Morgan fingerprint density at radius 1 is 1.08 bits per heavy atom. The van der Waals surface area contributed by atoms with Gasteiger partial charge in [-0.3, -0.25) is 9.59 Å². The predicted molar refractivity (Wildman–Crippen MR) is 98.3 cm³/mol. The molecule has 0 spiro atoms. The van der Waals surface area contributed by atoms with Crippen LogP contribution in [0.15, 0.2) is 24.3 Å². The number of hydrogen-bond donors (Lipinski definition) is 1. The highest BCUT2D eigenvalue weighted by Gasteiger charge is 2.23. The fourth-order valence-electron chi connectivity index (χ4n) is 3.83. The number of carbonyl (C=O) groups is 2. The third kappa shape index (κ3) is 5.04. The molecule has 0 atom stereocenters. The van der Waals surface area contributed by atoms with Gasteiger partial charge in [-0.1, -0.05) is 6.07 Å². The van der Waals surface area contributed by atoms with Gasteiger partial charge in [0, 0.05) is 38.2 Å². The van der Waals surface area contributed by atoms with Crippen molar-refractivity contribution in [3.05, 3.63) is 35.6 Å². The van der Waals surface area contributed by atoms with Gasteiger partial charge in [-0.2, -0.15) is 0 Å². The Morgan fingerprint density at radius 2 is 1.81 bits per heavy atom. The van der Waals surface area contributed by atoms with Crippen molar-refractivity contribution in [1.82, 2.24) is 15.1 Å². The van der Waals surface area contributed by atoms with Crippen LogP contribution < -0.4 is 5.32 Å². The summed E-state index contributed by atoms with van der Waals surface area (Å²) in [7, 11) is 0. The number of rotatable bonds is 4. The molecule has 142 valence electrons. The summed E-state index contributed by atoms with van der Waals surface area (Å²) in [6.45, 7) is 4.48. The van der Waals surface area contributed by atoms with E-state index in [1.54, 1.807) is 17.0 Å². The average molecular weight is 361 g/mol. The fraction of sp³-hybridized carbons (Fsp3) is 0.600. The second kappa shape index (κ2) is 9.12. The molecule has 2 aliphatic rings. The quantitative estimate of drug-likeness (QED) is 0.895. The number of hydrogen-bond acceptors (Lipinski definition) is 3. The summed E-state index contributed by atoms with van der Waals surface area (Å²) in [4.78, 5) is 28.7. The average Bonchev–Trinajstić information content (AvgIpc) is 2.92. The van der Waals surface area contributed by atoms with Gasteiger partial charge >= 0.3 is 0 Å². The van der Waals surface area contributed by atoms with E-state index in [-0.39, 0.29) is 11.8 Å². The molecule has 1 N–H and O–H groups in total. The molecule has 2 heterocycles. The van der Waals surface area contributed by atoms with E-state index in [0.29, 0.717) is 44.1 Å². The molecule has 2 aliphatic heterocycles. The summed E-state index contributed by atoms with van der Waals surface area (Å²) in [6.07, 6.45) is 4.64. The molecule has 2 fully saturated rings. The Labute approximate surface area is 154 Å². The van der Waals surface area contributed by atoms with E-state index in [4.69, 9.17) is 0 Å². The zero-order valence-electron chi connectivity index (χ0n) is 15.3. The lowest BCUT2D eigenvalue weighted by molar-refractivity contribution is -0.131. The van der Waals surface area contributed by atoms with Crippen molar-refractivity contribution in [2.45, 2.75) is 32.1 Å². The lowest BCUT2D eigenvalue weighted by Crippen LogP contribution is -2.37. The standard InChI is InChI=1S/C20H28FN3O2/c21-18-4-1-3-17(15-18)20(26)24-12-2-11-23(13-14-24)19(25)6-5-16-7-9-22-10-8-16/h1,3-4,15-16,22H,2,5-14H2. The summed E-state index contributed by atoms with van der Waals surface area (Å²) in [5, 5.41) is 3.35. The van der Waals surface area contributed by atoms with Crippen molar-refractivity contribution in [2.75, 3.05) is 39.3 Å². The van der Waals surface area contributed by atoms with Crippen LogP contribution in [-0.4, -0.2) is 60.9 Å². The van der Waals surface area contributed by atoms with Gasteiger partial charge in [-0.05, 0) is 62.9 Å². The SMILES string of the molecule is O=C(CCC1CCNCC1)N1CCCN(C(=O)c2cccc(F)c2)CC1. The van der Waals surface area contributed by atoms with E-state index in [2.05, 4.69) is 5.32 Å². The highest BCUT2D eigenvalue weighted by molar-refractivity contribution is 5.94. The Kier molecular flexibility index (Phi) is 6.61. The summed E-state index contributed by atoms with van der Waals surface area (Å²) < 4.78 is 13.4. The molecule has 5 nitrogen and oxygen atoms in total. The zero-order valence-corrected chi connectivity index (χ0v) is 15.3. The minimum Gasteiger partial charge on any atom is -0.341 e. The Balaban J connectivity index is 1.49. The van der Waals surface area contributed by atoms with E-state index in [1.807, 2.05) is 4.90 Å². The topological polar surface area (TPSA) is 52.7 Å². The van der Waals surface area contributed by atoms with Crippen molar-refractivity contribution in [1.29, 1.82) is 0 Å². The summed E-state index contributed by atoms with van der Waals surface area (Å²) in [5.74, 6) is 0.288. The molecule has 2 saturated heterocycles. The Morgan fingerprint density at radius 3 is 2.58 bits per heavy atom. The number of nitrogens with one attached hydrogen (secondary N) is 1. The molecule has 0 saturated carbocycles. The maximum atomic E-state index is 13.4. The van der Waals surface area contributed by atoms with E-state index < -0.39 is 5.82 Å². The Bertz CT molecular complexity index is 631. The summed E-state index contributed by atoms with van der Waals surface area (Å²) in [6, 6.07) is 5.80. The molecule has 0 bridgehead atoms. The molecule has 6 heteroatoms. The molecule has 0 aliphatic carbocycles. The van der Waals surface area contributed by atoms with Crippen LogP contribution in [0.3, 0.4) is 0 Å². The number of amides is 2. The van der Waals surface area contributed by atoms with E-state index in [0.717, 1.165) is 38.8 Å². The molecule has 1 aromatic carbocycles. The molecule has 3 rings (SSSR count). The molecular formula is C20H28FN3O2. The van der Waals surface area contributed by atoms with Crippen LogP contribution >= 0.6 is 0 Å². The van der Waals surface area contributed by atoms with Gasteiger partial charge in [0.05, 0.1) is 0 Å². The second-order valence-electron chi connectivity index (χ2n) is 7.27. The molecule has 0 aromatic heterocycles. The van der Waals surface area contributed by atoms with E-state index in [9.17, 15) is 14.0 Å². The molecule has 26 heavy (non-hydrogen) atoms. The van der Waals surface area contributed by atoms with Crippen molar-refractivity contribution >= 4 is 11.8 Å². The van der Waals surface area contributed by atoms with Crippen LogP contribution in [0.5, 0.6) is 0 Å². The van der Waals surface area contributed by atoms with Gasteiger partial charge in [0.25, 0.3) is 5.91 Å². The van der Waals surface area contributed by atoms with Crippen molar-refractivity contribution in [2.24, 2.45) is 5.92 Å². The second-order valence-corrected chi connectivity index (χ2v) is 7.27. The fourth-order valence-corrected chi connectivity index (χ4v) is 3.83. The third-order valence-electron chi connectivity index (χ3n) is 5.43. The molecular weight excluding hydrogens is 333 g/mol. The van der Waals surface area contributed by atoms with Gasteiger partial charge in [-0.15, -0.1) is 0 Å². The maximum absolute atomic E-state index is 13.4. The van der Waals surface area contributed by atoms with Gasteiger partial charge in [0.2, 0.25) is 5.91 Å². The highest BCUT2D eigenvalue weighted by atomic mass is 19.1. The van der Waals surface area contributed by atoms with Crippen LogP contribution in [-0.2, 0) is 4.79 Å². The Hall–Kier alpha value is -1.95. The van der Waals surface area contributed by atoms with Gasteiger partial charge in [0.15, 0.2) is 0 Å². The summed E-state index contributed by atoms with van der Waals surface area (Å²) >= 11 is 0. The first kappa shape index (κ1) is 18.8. The zero-order chi connectivity index (χ0) is 18.4. The normalized spacial score (nSPS) is 19.3. The van der Waals surface area contributed by atoms with Gasteiger partial charge in [0.1, 0.15) is 5.82 Å². The first-order valence-corrected chi connectivity index (χ1v) is 9.67. The van der Waals surface area contributed by atoms with Crippen LogP contribution in [0.4, 0.5) is 4.39 Å². The van der Waals surface area contributed by atoms with Crippen LogP contribution in [0.25, 0.3) is 0 Å². The number of carbonyl (C=O) groups excluding carboxylic acids is 2. The van der Waals surface area contributed by atoms with Crippen molar-refractivity contribution in [3.63, 3.8) is 0 Å². The minimum atomic E-state index is -0.402.